The second-order valence-corrected chi connectivity index (χ2v) is 19.5. The van der Waals surface area contributed by atoms with E-state index in [1.54, 1.807) is 25.7 Å². The highest BCUT2D eigenvalue weighted by atomic mass is 32.2. The van der Waals surface area contributed by atoms with Gasteiger partial charge in [0.1, 0.15) is 29.3 Å². The molecule has 1 aromatic carbocycles. The van der Waals surface area contributed by atoms with Gasteiger partial charge in [-0.1, -0.05) is 49.3 Å². The van der Waals surface area contributed by atoms with Crippen LogP contribution in [0.4, 0.5) is 9.59 Å². The van der Waals surface area contributed by atoms with E-state index in [9.17, 15) is 32.4 Å². The summed E-state index contributed by atoms with van der Waals surface area (Å²) in [4.78, 5) is 74.9. The molecule has 17 heteroatoms. The van der Waals surface area contributed by atoms with Crippen molar-refractivity contribution in [2.75, 3.05) is 26.7 Å². The second-order valence-electron chi connectivity index (χ2n) is 17.9. The molecule has 3 N–H and O–H groups in total. The Labute approximate surface area is 341 Å². The van der Waals surface area contributed by atoms with Crippen LogP contribution in [-0.4, -0.2) is 125 Å². The Morgan fingerprint density at radius 1 is 0.948 bits per heavy atom. The van der Waals surface area contributed by atoms with Gasteiger partial charge in [-0.2, -0.15) is 12.7 Å². The Morgan fingerprint density at radius 3 is 2.28 bits per heavy atom. The maximum absolute atomic E-state index is 14.5. The fourth-order valence-corrected chi connectivity index (χ4v) is 10.6. The van der Waals surface area contributed by atoms with E-state index in [-0.39, 0.29) is 37.9 Å². The average molecular weight is 826 g/mol. The van der Waals surface area contributed by atoms with Crippen molar-refractivity contribution < 1.29 is 41.9 Å². The van der Waals surface area contributed by atoms with Gasteiger partial charge in [-0.15, -0.1) is 0 Å². The van der Waals surface area contributed by atoms with E-state index in [0.717, 1.165) is 49.9 Å². The van der Waals surface area contributed by atoms with Gasteiger partial charge >= 0.3 is 22.4 Å². The molecular weight excluding hydrogens is 767 g/mol. The fraction of sp³-hybridized carbons (Fsp3) is 0.683. The molecule has 318 valence electrons. The monoisotopic (exact) mass is 825 g/mol. The first kappa shape index (κ1) is 41.9. The maximum Gasteiger partial charge on any atom is 0.410 e. The highest BCUT2D eigenvalue weighted by molar-refractivity contribution is 7.87. The summed E-state index contributed by atoms with van der Waals surface area (Å²) in [5, 5.41) is 5.63. The van der Waals surface area contributed by atoms with Crippen molar-refractivity contribution in [2.45, 2.75) is 146 Å². The molecule has 1 aromatic rings. The van der Waals surface area contributed by atoms with Crippen LogP contribution in [-0.2, 0) is 47.2 Å². The third kappa shape index (κ3) is 9.63. The van der Waals surface area contributed by atoms with Crippen molar-refractivity contribution in [3.8, 4) is 0 Å². The standard InChI is InChI=1S/C41H59N7O9S/c1-40(2,3)57-38(52)42-33-15-9-7-5-6-8-14-29-23-41(29,37(51)44-58(54,55)48(30-16-17-30)31-18-20-45(4)21-19-31)43-35(49)34-22-32(26-47(34)36(33)50)56-39(53)46-24-27-12-10-11-13-28(27)25-46/h8,10-14,29-34H,5-7,9,15-26H2,1-4H3,(H,42,52)(H,43,49)(H,44,51)/t29-,32-,33+,34+,41-/m1/s1. The van der Waals surface area contributed by atoms with Gasteiger partial charge in [0, 0.05) is 37.5 Å². The lowest BCUT2D eigenvalue weighted by atomic mass is 10.0. The molecule has 5 atom stereocenters. The van der Waals surface area contributed by atoms with E-state index in [0.29, 0.717) is 38.8 Å². The Hall–Kier alpha value is -4.22. The molecule has 6 aliphatic rings. The van der Waals surface area contributed by atoms with Gasteiger partial charge < -0.3 is 29.9 Å². The van der Waals surface area contributed by atoms with Crippen molar-refractivity contribution in [1.29, 1.82) is 0 Å². The van der Waals surface area contributed by atoms with Crippen LogP contribution < -0.4 is 15.4 Å². The summed E-state index contributed by atoms with van der Waals surface area (Å²) in [5.41, 5.74) is -0.388. The summed E-state index contributed by atoms with van der Waals surface area (Å²) in [7, 11) is -2.27. The molecule has 2 saturated heterocycles. The van der Waals surface area contributed by atoms with Crippen molar-refractivity contribution in [1.82, 2.24) is 34.4 Å². The molecule has 2 aliphatic carbocycles. The van der Waals surface area contributed by atoms with Crippen LogP contribution in [0, 0.1) is 5.92 Å². The number of allylic oxidation sites excluding steroid dienone is 1. The molecule has 4 heterocycles. The number of ether oxygens (including phenoxy) is 2. The zero-order valence-corrected chi connectivity index (χ0v) is 34.9. The van der Waals surface area contributed by atoms with Gasteiger partial charge in [0.15, 0.2) is 0 Å². The zero-order valence-electron chi connectivity index (χ0n) is 34.1. The lowest BCUT2D eigenvalue weighted by molar-refractivity contribution is -0.141. The van der Waals surface area contributed by atoms with E-state index in [1.807, 2.05) is 43.5 Å². The van der Waals surface area contributed by atoms with Gasteiger partial charge in [0.05, 0.1) is 6.54 Å². The molecule has 0 radical (unpaired) electrons. The van der Waals surface area contributed by atoms with Crippen LogP contribution in [0.15, 0.2) is 36.4 Å². The van der Waals surface area contributed by atoms with Crippen LogP contribution in [0.2, 0.25) is 0 Å². The molecule has 4 aliphatic heterocycles. The Morgan fingerprint density at radius 2 is 1.62 bits per heavy atom. The summed E-state index contributed by atoms with van der Waals surface area (Å²) < 4.78 is 43.4. The molecule has 7 rings (SSSR count). The van der Waals surface area contributed by atoms with Crippen molar-refractivity contribution in [2.24, 2.45) is 5.92 Å². The summed E-state index contributed by atoms with van der Waals surface area (Å²) in [5.74, 6) is -2.52. The highest BCUT2D eigenvalue weighted by Gasteiger charge is 2.62. The largest absolute Gasteiger partial charge is 0.444 e. The third-order valence-corrected chi connectivity index (χ3v) is 13.8. The Bertz CT molecular complexity index is 1870. The number of carbonyl (C=O) groups excluding carboxylic acids is 5. The minimum atomic E-state index is -4.27. The molecule has 0 aromatic heterocycles. The quantitative estimate of drug-likeness (QED) is 0.345. The van der Waals surface area contributed by atoms with Crippen molar-refractivity contribution in [3.63, 3.8) is 0 Å². The van der Waals surface area contributed by atoms with Crippen molar-refractivity contribution >= 4 is 40.1 Å². The van der Waals surface area contributed by atoms with Gasteiger partial charge in [-0.25, -0.2) is 14.3 Å². The lowest BCUT2D eigenvalue weighted by Crippen LogP contribution is -2.60. The number of amides is 5. The van der Waals surface area contributed by atoms with Crippen LogP contribution in [0.5, 0.6) is 0 Å². The molecule has 0 unspecified atom stereocenters. The number of likely N-dealkylation sites (tertiary alicyclic amines) is 1. The number of hydrogen-bond acceptors (Lipinski definition) is 10. The second kappa shape index (κ2) is 16.8. The lowest BCUT2D eigenvalue weighted by Gasteiger charge is -2.36. The fourth-order valence-electron chi connectivity index (χ4n) is 8.82. The number of hydrogen-bond donors (Lipinski definition) is 3. The molecule has 5 amide bonds. The first-order chi connectivity index (χ1) is 27.5. The van der Waals surface area contributed by atoms with Crippen LogP contribution in [0.3, 0.4) is 0 Å². The predicted molar refractivity (Wildman–Crippen MR) is 213 cm³/mol. The summed E-state index contributed by atoms with van der Waals surface area (Å²) in [6, 6.07) is 5.06. The molecule has 0 spiro atoms. The van der Waals surface area contributed by atoms with Gasteiger partial charge in [-0.05, 0) is 103 Å². The number of piperidine rings is 1. The number of carbonyl (C=O) groups is 5. The Balaban J connectivity index is 1.13. The molecule has 58 heavy (non-hydrogen) atoms. The van der Waals surface area contributed by atoms with E-state index >= 15 is 0 Å². The van der Waals surface area contributed by atoms with Gasteiger partial charge in [0.25, 0.3) is 5.91 Å². The number of alkyl carbamates (subject to hydrolysis) is 1. The predicted octanol–water partition coefficient (Wildman–Crippen LogP) is 3.32. The summed E-state index contributed by atoms with van der Waals surface area (Å²) in [6.07, 6.45) is 7.51. The number of benzene rings is 1. The molecule has 4 fully saturated rings. The van der Waals surface area contributed by atoms with Crippen LogP contribution >= 0.6 is 0 Å². The molecule has 0 bridgehead atoms. The number of fused-ring (bicyclic) bond motifs is 3. The SMILES string of the molecule is CN1CCC(N(C2CC2)S(=O)(=O)NC(=O)[C@@]23C[C@H]2C=CCCCCC[C@H](NC(=O)OC(C)(C)C)C(=O)N2C[C@H](OC(=O)N4Cc5ccccc5C4)C[C@H]2C(=O)N3)CC1. The average Bonchev–Trinajstić information content (AvgIpc) is 4.01. The van der Waals surface area contributed by atoms with Crippen LogP contribution in [0.25, 0.3) is 0 Å². The van der Waals surface area contributed by atoms with E-state index in [2.05, 4.69) is 20.3 Å². The van der Waals surface area contributed by atoms with Gasteiger partial charge in [0.2, 0.25) is 11.8 Å². The number of rotatable bonds is 7. The Kier molecular flexibility index (Phi) is 12.1. The van der Waals surface area contributed by atoms with E-state index < -0.39 is 75.4 Å². The smallest absolute Gasteiger partial charge is 0.410 e. The maximum atomic E-state index is 14.5. The minimum Gasteiger partial charge on any atom is -0.444 e. The summed E-state index contributed by atoms with van der Waals surface area (Å²) >= 11 is 0. The summed E-state index contributed by atoms with van der Waals surface area (Å²) in [6.45, 7) is 7.25. The molecule has 16 nitrogen and oxygen atoms in total. The number of nitrogens with zero attached hydrogens (tertiary/aromatic N) is 4. The van der Waals surface area contributed by atoms with Crippen molar-refractivity contribution in [3.05, 3.63) is 47.5 Å². The highest BCUT2D eigenvalue weighted by Crippen LogP contribution is 2.46. The zero-order chi connectivity index (χ0) is 41.4. The molecule has 2 saturated carbocycles. The third-order valence-electron chi connectivity index (χ3n) is 12.2. The number of nitrogens with one attached hydrogen (secondary N) is 3. The van der Waals surface area contributed by atoms with Crippen LogP contribution in [0.1, 0.15) is 103 Å². The normalized spacial score (nSPS) is 28.7. The first-order valence-corrected chi connectivity index (χ1v) is 22.3. The topological polar surface area (TPSA) is 187 Å². The molecular formula is C41H59N7O9S. The van der Waals surface area contributed by atoms with E-state index in [1.165, 1.54) is 9.21 Å². The first-order valence-electron chi connectivity index (χ1n) is 20.9. The van der Waals surface area contributed by atoms with E-state index in [4.69, 9.17) is 9.47 Å². The van der Waals surface area contributed by atoms with Gasteiger partial charge in [-0.3, -0.25) is 19.3 Å². The minimum absolute atomic E-state index is 0.0641.